The van der Waals surface area contributed by atoms with Gasteiger partial charge in [0.05, 0.1) is 18.6 Å². The van der Waals surface area contributed by atoms with Crippen LogP contribution in [0.3, 0.4) is 0 Å². The van der Waals surface area contributed by atoms with Crippen molar-refractivity contribution in [1.29, 1.82) is 0 Å². The van der Waals surface area contributed by atoms with E-state index in [0.29, 0.717) is 24.3 Å². The number of hydrogen-bond donors (Lipinski definition) is 3. The van der Waals surface area contributed by atoms with Crippen molar-refractivity contribution in [3.05, 3.63) is 41.5 Å². The zero-order valence-electron chi connectivity index (χ0n) is 22.3. The number of nitrogens with zero attached hydrogens (tertiary/aromatic N) is 1. The van der Waals surface area contributed by atoms with Crippen molar-refractivity contribution in [2.75, 3.05) is 13.7 Å². The Balaban J connectivity index is 1.86. The van der Waals surface area contributed by atoms with Gasteiger partial charge in [0.25, 0.3) is 0 Å². The molecule has 0 radical (unpaired) electrons. The Hall–Kier alpha value is -2.31. The van der Waals surface area contributed by atoms with Gasteiger partial charge in [0.2, 0.25) is 0 Å². The molecule has 3 unspecified atom stereocenters. The predicted molar refractivity (Wildman–Crippen MR) is 145 cm³/mol. The quantitative estimate of drug-likeness (QED) is 0.164. The van der Waals surface area contributed by atoms with E-state index in [9.17, 15) is 5.11 Å². The van der Waals surface area contributed by atoms with Crippen LogP contribution in [0.4, 0.5) is 5.69 Å². The maximum atomic E-state index is 10.3. The van der Waals surface area contributed by atoms with E-state index in [0.717, 1.165) is 48.4 Å². The molecule has 0 bridgehead atoms. The Kier molecular flexibility index (Phi) is 9.81. The third-order valence-electron chi connectivity index (χ3n) is 7.57. The molecule has 0 saturated heterocycles. The number of ether oxygens (including phenoxy) is 2. The van der Waals surface area contributed by atoms with Crippen LogP contribution in [0.1, 0.15) is 89.7 Å². The zero-order valence-corrected chi connectivity index (χ0v) is 22.3. The summed E-state index contributed by atoms with van der Waals surface area (Å²) in [6.45, 7) is 13.1. The van der Waals surface area contributed by atoms with Gasteiger partial charge in [-0.25, -0.2) is 4.99 Å². The van der Waals surface area contributed by atoms with Crippen molar-refractivity contribution in [3.63, 3.8) is 0 Å². The Morgan fingerprint density at radius 3 is 2.57 bits per heavy atom. The minimum absolute atomic E-state index is 0.185. The van der Waals surface area contributed by atoms with Gasteiger partial charge in [-0.3, -0.25) is 0 Å². The van der Waals surface area contributed by atoms with Crippen LogP contribution in [0.25, 0.3) is 5.70 Å². The number of aliphatic imine (C=N–C) groups is 1. The highest BCUT2D eigenvalue weighted by molar-refractivity contribution is 5.84. The molecule has 0 aliphatic heterocycles. The summed E-state index contributed by atoms with van der Waals surface area (Å²) >= 11 is 0. The van der Waals surface area contributed by atoms with E-state index in [1.54, 1.807) is 14.0 Å². The van der Waals surface area contributed by atoms with Crippen molar-refractivity contribution in [3.8, 4) is 5.75 Å². The minimum Gasteiger partial charge on any atom is -0.496 e. The molecule has 6 nitrogen and oxygen atoms in total. The van der Waals surface area contributed by atoms with E-state index >= 15 is 0 Å². The summed E-state index contributed by atoms with van der Waals surface area (Å²) in [5.41, 5.74) is 11.2. The molecule has 0 aromatic heterocycles. The molecule has 1 aromatic carbocycles. The molecule has 35 heavy (non-hydrogen) atoms. The summed E-state index contributed by atoms with van der Waals surface area (Å²) in [6.07, 6.45) is 9.17. The molecule has 1 fully saturated rings. The maximum absolute atomic E-state index is 10.3. The monoisotopic (exact) mass is 483 g/mol. The second-order valence-corrected chi connectivity index (χ2v) is 10.3. The second-order valence-electron chi connectivity index (χ2n) is 10.3. The standard InChI is InChI=1S/C29H45N3O3/c1-7-35-29(33)23-13-11-22(12-14-23)26-16-25(27(32-21(5)30)17-28(26)34-6)20(4)31-19(3)24-10-8-9-18(2)15-24/h15-17,19,22-24,29,31,33H,4,7-14H2,1-3,5-6H3,(H2,30,32). The third-order valence-corrected chi connectivity index (χ3v) is 7.57. The Morgan fingerprint density at radius 2 is 1.97 bits per heavy atom. The lowest BCUT2D eigenvalue weighted by Gasteiger charge is -2.32. The molecule has 3 rings (SSSR count). The molecule has 194 valence electrons. The lowest BCUT2D eigenvalue weighted by molar-refractivity contribution is -0.137. The Morgan fingerprint density at radius 1 is 1.26 bits per heavy atom. The largest absolute Gasteiger partial charge is 0.496 e. The maximum Gasteiger partial charge on any atom is 0.157 e. The number of aliphatic hydroxyl groups is 1. The van der Waals surface area contributed by atoms with E-state index in [1.807, 2.05) is 13.0 Å². The van der Waals surface area contributed by atoms with Gasteiger partial charge >= 0.3 is 0 Å². The normalized spacial score (nSPS) is 24.9. The molecule has 2 aliphatic carbocycles. The van der Waals surface area contributed by atoms with Crippen LogP contribution < -0.4 is 15.8 Å². The summed E-state index contributed by atoms with van der Waals surface area (Å²) in [5, 5.41) is 13.9. The molecule has 1 saturated carbocycles. The molecule has 1 aromatic rings. The van der Waals surface area contributed by atoms with Crippen LogP contribution in [-0.4, -0.2) is 37.0 Å². The number of allylic oxidation sites excluding steroid dienone is 1. The summed E-state index contributed by atoms with van der Waals surface area (Å²) < 4.78 is 11.3. The van der Waals surface area contributed by atoms with Crippen molar-refractivity contribution in [2.24, 2.45) is 22.6 Å². The SMILES string of the molecule is C=C(NC(C)C1C=C(C)CCC1)c1cc(C2CCC(C(O)OCC)CC2)c(OC)cc1N=C(C)N. The summed E-state index contributed by atoms with van der Waals surface area (Å²) in [5.74, 6) is 2.35. The van der Waals surface area contributed by atoms with E-state index < -0.39 is 6.29 Å². The average Bonchev–Trinajstić information content (AvgIpc) is 2.83. The highest BCUT2D eigenvalue weighted by Crippen LogP contribution is 2.44. The van der Waals surface area contributed by atoms with Gasteiger partial charge < -0.3 is 25.6 Å². The second kappa shape index (κ2) is 12.6. The molecule has 4 N–H and O–H groups in total. The van der Waals surface area contributed by atoms with Crippen LogP contribution in [0.15, 0.2) is 35.4 Å². The van der Waals surface area contributed by atoms with Crippen LogP contribution >= 0.6 is 0 Å². The first-order valence-electron chi connectivity index (χ1n) is 13.2. The average molecular weight is 484 g/mol. The summed E-state index contributed by atoms with van der Waals surface area (Å²) in [6, 6.07) is 4.45. The van der Waals surface area contributed by atoms with Crippen LogP contribution in [0.5, 0.6) is 5.75 Å². The number of nitrogens with two attached hydrogens (primary N) is 1. The highest BCUT2D eigenvalue weighted by atomic mass is 16.6. The number of rotatable bonds is 10. The summed E-state index contributed by atoms with van der Waals surface area (Å²) in [4.78, 5) is 4.62. The van der Waals surface area contributed by atoms with Crippen LogP contribution in [0.2, 0.25) is 0 Å². The van der Waals surface area contributed by atoms with Gasteiger partial charge in [-0.2, -0.15) is 0 Å². The molecule has 0 spiro atoms. The fourth-order valence-corrected chi connectivity index (χ4v) is 5.63. The molecule has 3 atom stereocenters. The van der Waals surface area contributed by atoms with Crippen molar-refractivity contribution in [2.45, 2.75) is 90.9 Å². The minimum atomic E-state index is -0.675. The van der Waals surface area contributed by atoms with Crippen molar-refractivity contribution in [1.82, 2.24) is 5.32 Å². The van der Waals surface area contributed by atoms with E-state index in [4.69, 9.17) is 15.2 Å². The first-order valence-corrected chi connectivity index (χ1v) is 13.2. The number of hydrogen-bond acceptors (Lipinski definition) is 5. The fraction of sp³-hybridized carbons (Fsp3) is 0.621. The number of methoxy groups -OCH3 is 1. The van der Waals surface area contributed by atoms with Gasteiger partial charge in [-0.1, -0.05) is 18.2 Å². The number of amidine groups is 1. The molecule has 0 amide bonds. The summed E-state index contributed by atoms with van der Waals surface area (Å²) in [7, 11) is 1.71. The number of aliphatic hydroxyl groups excluding tert-OH is 1. The third kappa shape index (κ3) is 7.11. The van der Waals surface area contributed by atoms with Crippen LogP contribution in [-0.2, 0) is 4.74 Å². The Bertz CT molecular complexity index is 927. The molecule has 6 heteroatoms. The first-order chi connectivity index (χ1) is 16.7. The molecular formula is C29H45N3O3. The smallest absolute Gasteiger partial charge is 0.157 e. The van der Waals surface area contributed by atoms with Crippen molar-refractivity contribution < 1.29 is 14.6 Å². The molecule has 0 heterocycles. The Labute approximate surface area is 211 Å². The number of nitrogens with one attached hydrogen (secondary N) is 1. The van der Waals surface area contributed by atoms with Gasteiger partial charge in [0, 0.05) is 35.9 Å². The van der Waals surface area contributed by atoms with Crippen molar-refractivity contribution >= 4 is 17.2 Å². The van der Waals surface area contributed by atoms with Gasteiger partial charge in [0.15, 0.2) is 6.29 Å². The zero-order chi connectivity index (χ0) is 25.5. The number of benzene rings is 1. The highest BCUT2D eigenvalue weighted by Gasteiger charge is 2.30. The fourth-order valence-electron chi connectivity index (χ4n) is 5.63. The molecular weight excluding hydrogens is 438 g/mol. The lowest BCUT2D eigenvalue weighted by Crippen LogP contribution is -2.32. The first kappa shape index (κ1) is 27.3. The van der Waals surface area contributed by atoms with Crippen LogP contribution in [0, 0.1) is 11.8 Å². The molecule has 2 aliphatic rings. The van der Waals surface area contributed by atoms with E-state index in [2.05, 4.69) is 42.9 Å². The van der Waals surface area contributed by atoms with Gasteiger partial charge in [-0.05, 0) is 96.1 Å². The van der Waals surface area contributed by atoms with E-state index in [1.165, 1.54) is 30.4 Å². The lowest BCUT2D eigenvalue weighted by atomic mass is 9.77. The van der Waals surface area contributed by atoms with Gasteiger partial charge in [0.1, 0.15) is 5.75 Å². The van der Waals surface area contributed by atoms with E-state index in [-0.39, 0.29) is 12.0 Å². The topological polar surface area (TPSA) is 89.1 Å². The van der Waals surface area contributed by atoms with Gasteiger partial charge in [-0.15, -0.1) is 0 Å². The predicted octanol–water partition coefficient (Wildman–Crippen LogP) is 6.03.